The molecule has 0 aromatic heterocycles. The van der Waals surface area contributed by atoms with Gasteiger partial charge in [0.15, 0.2) is 0 Å². The number of nitrogens with zero attached hydrogens (tertiary/aromatic N) is 1. The van der Waals surface area contributed by atoms with Crippen molar-refractivity contribution in [1.29, 1.82) is 0 Å². The Balaban J connectivity index is 2.54. The molecule has 0 saturated carbocycles. The molecule has 0 aliphatic heterocycles. The standard InChI is InChI=1S/C2H6N.H2P.Pd/c1-3-2;;/h1-2H3;1H2;/q2*-1;+2. The first-order valence-corrected chi connectivity index (χ1v) is 4.97. The zero-order valence-corrected chi connectivity index (χ0v) is 6.05. The third-order valence-electron chi connectivity index (χ3n) is 0.163. The first-order chi connectivity index (χ1) is 2.27. The second-order valence-corrected chi connectivity index (χ2v) is 3.57. The molecule has 0 aromatic carbocycles. The predicted molar refractivity (Wildman–Crippen MR) is 23.4 cm³/mol. The van der Waals surface area contributed by atoms with Crippen LogP contribution in [-0.2, 0) is 17.7 Å². The molecule has 0 fully saturated rings. The zero-order valence-electron chi connectivity index (χ0n) is 3.34. The van der Waals surface area contributed by atoms with Crippen LogP contribution in [0.2, 0.25) is 0 Å². The van der Waals surface area contributed by atoms with Gasteiger partial charge in [0.05, 0.1) is 0 Å². The molecule has 0 aliphatic rings. The third kappa shape index (κ3) is 5.05. The Bertz CT molecular complexity index is 23.6. The molecular formula is C2H8NPPd. The summed E-state index contributed by atoms with van der Waals surface area (Å²) in [5, 5.41) is 0. The van der Waals surface area contributed by atoms with E-state index in [4.69, 9.17) is 0 Å². The van der Waals surface area contributed by atoms with E-state index >= 15 is 0 Å². The molecule has 0 bridgehead atoms. The Labute approximate surface area is 43.2 Å². The molecule has 0 saturated heterocycles. The van der Waals surface area contributed by atoms with Gasteiger partial charge < -0.3 is 0 Å². The summed E-state index contributed by atoms with van der Waals surface area (Å²) in [7, 11) is 6.78. The van der Waals surface area contributed by atoms with Gasteiger partial charge in [-0.2, -0.15) is 0 Å². The van der Waals surface area contributed by atoms with E-state index in [1.54, 1.807) is 0 Å². The average Bonchev–Trinajstić information content (AvgIpc) is 1.38. The van der Waals surface area contributed by atoms with E-state index in [1.807, 2.05) is 0 Å². The van der Waals surface area contributed by atoms with E-state index in [9.17, 15) is 0 Å². The maximum atomic E-state index is 2.67. The second-order valence-electron chi connectivity index (χ2n) is 0.812. The van der Waals surface area contributed by atoms with Crippen molar-refractivity contribution in [3.05, 3.63) is 0 Å². The molecule has 0 aliphatic carbocycles. The summed E-state index contributed by atoms with van der Waals surface area (Å²) >= 11 is 0.711. The molecule has 5 heavy (non-hydrogen) atoms. The van der Waals surface area contributed by atoms with Gasteiger partial charge in [0, 0.05) is 0 Å². The summed E-state index contributed by atoms with van der Waals surface area (Å²) in [4.78, 5) is 0. The zero-order chi connectivity index (χ0) is 4.28. The minimum atomic E-state index is 0.711. The van der Waals surface area contributed by atoms with Gasteiger partial charge in [-0.25, -0.2) is 0 Å². The average molecular weight is 183 g/mol. The van der Waals surface area contributed by atoms with E-state index in [1.165, 1.54) is 0 Å². The maximum absolute atomic E-state index is 2.67. The van der Waals surface area contributed by atoms with Crippen molar-refractivity contribution < 1.29 is 17.7 Å². The van der Waals surface area contributed by atoms with E-state index < -0.39 is 0 Å². The molecule has 1 unspecified atom stereocenters. The van der Waals surface area contributed by atoms with Crippen LogP contribution in [0.1, 0.15) is 0 Å². The SMILES string of the molecule is C[N](C)[Pd][PH2]. The van der Waals surface area contributed by atoms with Gasteiger partial charge >= 0.3 is 42.8 Å². The van der Waals surface area contributed by atoms with E-state index in [0.717, 1.165) is 0 Å². The van der Waals surface area contributed by atoms with Crippen LogP contribution in [0.5, 0.6) is 0 Å². The van der Waals surface area contributed by atoms with Gasteiger partial charge in [0.25, 0.3) is 0 Å². The number of hydrogen-bond acceptors (Lipinski definition) is 1. The molecule has 0 heterocycles. The van der Waals surface area contributed by atoms with Crippen LogP contribution < -0.4 is 0 Å². The molecule has 0 aromatic rings. The van der Waals surface area contributed by atoms with Crippen LogP contribution in [0.15, 0.2) is 0 Å². The predicted octanol–water partition coefficient (Wildman–Crippen LogP) is 0.336. The van der Waals surface area contributed by atoms with Gasteiger partial charge in [-0.3, -0.25) is 0 Å². The van der Waals surface area contributed by atoms with Gasteiger partial charge in [0.2, 0.25) is 0 Å². The molecule has 0 rings (SSSR count). The van der Waals surface area contributed by atoms with Crippen LogP contribution >= 0.6 is 7.43 Å². The van der Waals surface area contributed by atoms with Gasteiger partial charge in [-0.1, -0.05) is 0 Å². The topological polar surface area (TPSA) is 3.24 Å². The summed E-state index contributed by atoms with van der Waals surface area (Å²) < 4.78 is 2.14. The van der Waals surface area contributed by atoms with Crippen LogP contribution in [-0.4, -0.2) is 17.6 Å². The fourth-order valence-corrected chi connectivity index (χ4v) is 0. The summed E-state index contributed by atoms with van der Waals surface area (Å²) in [5.41, 5.74) is 0. The van der Waals surface area contributed by atoms with Crippen LogP contribution in [0, 0.1) is 0 Å². The van der Waals surface area contributed by atoms with Crippen LogP contribution in [0.4, 0.5) is 0 Å². The van der Waals surface area contributed by atoms with Crippen LogP contribution in [0.25, 0.3) is 0 Å². The Hall–Kier alpha value is 1.05. The van der Waals surface area contributed by atoms with E-state index in [-0.39, 0.29) is 0 Å². The van der Waals surface area contributed by atoms with Crippen molar-refractivity contribution in [2.75, 3.05) is 14.1 Å². The minimum absolute atomic E-state index is 0.711. The van der Waals surface area contributed by atoms with Crippen molar-refractivity contribution in [3.8, 4) is 0 Å². The Morgan fingerprint density at radius 1 is 1.60 bits per heavy atom. The molecule has 0 N–H and O–H groups in total. The van der Waals surface area contributed by atoms with Gasteiger partial charge in [0.1, 0.15) is 0 Å². The van der Waals surface area contributed by atoms with Crippen molar-refractivity contribution in [3.63, 3.8) is 0 Å². The fraction of sp³-hybridized carbons (Fsp3) is 1.00. The molecule has 36 valence electrons. The monoisotopic (exact) mass is 183 g/mol. The Kier molecular flexibility index (Phi) is 3.93. The van der Waals surface area contributed by atoms with Crippen molar-refractivity contribution in [2.24, 2.45) is 0 Å². The Morgan fingerprint density at radius 2 is 1.80 bits per heavy atom. The normalized spacial score (nSPS) is 10.4. The van der Waals surface area contributed by atoms with E-state index in [0.29, 0.717) is 17.7 Å². The fourth-order valence-electron chi connectivity index (χ4n) is 0. The molecule has 1 atom stereocenters. The van der Waals surface area contributed by atoms with Gasteiger partial charge in [-0.05, 0) is 0 Å². The first kappa shape index (κ1) is 6.05. The van der Waals surface area contributed by atoms with Crippen molar-refractivity contribution >= 4 is 7.43 Å². The summed E-state index contributed by atoms with van der Waals surface area (Å²) in [6, 6.07) is 0. The summed E-state index contributed by atoms with van der Waals surface area (Å²) in [6.07, 6.45) is 0. The third-order valence-corrected chi connectivity index (χ3v) is 2.90. The first-order valence-electron chi connectivity index (χ1n) is 1.22. The number of hydrogen-bond donors (Lipinski definition) is 0. The quantitative estimate of drug-likeness (QED) is 0.419. The van der Waals surface area contributed by atoms with Gasteiger partial charge in [-0.15, -0.1) is 0 Å². The molecular weight excluding hydrogens is 175 g/mol. The van der Waals surface area contributed by atoms with E-state index in [2.05, 4.69) is 25.1 Å². The van der Waals surface area contributed by atoms with Crippen LogP contribution in [0.3, 0.4) is 0 Å². The summed E-state index contributed by atoms with van der Waals surface area (Å²) in [6.45, 7) is 0. The molecule has 0 radical (unpaired) electrons. The molecule has 0 amide bonds. The number of rotatable bonds is 1. The molecule has 0 spiro atoms. The molecule has 1 nitrogen and oxygen atoms in total. The summed E-state index contributed by atoms with van der Waals surface area (Å²) in [5.74, 6) is 0. The second kappa shape index (κ2) is 3.25. The van der Waals surface area contributed by atoms with Crippen molar-refractivity contribution in [1.82, 2.24) is 3.53 Å². The molecule has 3 heteroatoms. The van der Waals surface area contributed by atoms with Crippen molar-refractivity contribution in [2.45, 2.75) is 0 Å². The Morgan fingerprint density at radius 3 is 1.80 bits per heavy atom.